The number of amides is 3. The quantitative estimate of drug-likeness (QED) is 0.885. The number of nitrogens with zero attached hydrogens (tertiary/aromatic N) is 1. The first-order valence-corrected chi connectivity index (χ1v) is 7.82. The third kappa shape index (κ3) is 3.53. The van der Waals surface area contributed by atoms with Crippen LogP contribution in [-0.2, 0) is 6.42 Å². The summed E-state index contributed by atoms with van der Waals surface area (Å²) in [6.45, 7) is 1.60. The summed E-state index contributed by atoms with van der Waals surface area (Å²) in [5.74, 6) is -0.483. The third-order valence-corrected chi connectivity index (χ3v) is 3.94. The molecular formula is C18H18FN3O2. The molecule has 0 saturated carbocycles. The molecule has 0 radical (unpaired) electrons. The number of hydrogen-bond acceptors (Lipinski definition) is 2. The monoisotopic (exact) mass is 327 g/mol. The van der Waals surface area contributed by atoms with Crippen LogP contribution in [0.1, 0.15) is 15.9 Å². The molecule has 1 heterocycles. The average molecular weight is 327 g/mol. The Morgan fingerprint density at radius 3 is 2.58 bits per heavy atom. The molecular weight excluding hydrogens is 309 g/mol. The number of benzene rings is 2. The van der Waals surface area contributed by atoms with Gasteiger partial charge in [-0.05, 0) is 42.3 Å². The third-order valence-electron chi connectivity index (χ3n) is 3.94. The Bertz CT molecular complexity index is 746. The van der Waals surface area contributed by atoms with Crippen molar-refractivity contribution in [3.8, 4) is 0 Å². The minimum atomic E-state index is -0.264. The smallest absolute Gasteiger partial charge is 0.321 e. The van der Waals surface area contributed by atoms with E-state index < -0.39 is 0 Å². The van der Waals surface area contributed by atoms with Crippen molar-refractivity contribution in [2.45, 2.75) is 6.42 Å². The maximum atomic E-state index is 13.5. The molecule has 2 aromatic rings. The molecule has 0 spiro atoms. The fourth-order valence-corrected chi connectivity index (χ4v) is 2.62. The molecule has 6 heteroatoms. The number of nitrogens with one attached hydrogen (secondary N) is 2. The summed E-state index contributed by atoms with van der Waals surface area (Å²) in [4.78, 5) is 25.3. The zero-order valence-corrected chi connectivity index (χ0v) is 13.1. The molecule has 0 aromatic heterocycles. The van der Waals surface area contributed by atoms with Crippen LogP contribution in [0.5, 0.6) is 0 Å². The van der Waals surface area contributed by atoms with Gasteiger partial charge in [0, 0.05) is 30.9 Å². The molecule has 124 valence electrons. The standard InChI is InChI=1S/C18H18FN3O2/c19-16-4-2-1-3-13(16)9-10-20-17(23)14-5-7-15(8-6-14)22-12-11-21-18(22)24/h1-8H,9-12H2,(H,20,23)(H,21,24). The van der Waals surface area contributed by atoms with Crippen LogP contribution in [0.4, 0.5) is 14.9 Å². The lowest BCUT2D eigenvalue weighted by molar-refractivity contribution is 0.0954. The lowest BCUT2D eigenvalue weighted by Crippen LogP contribution is -2.28. The van der Waals surface area contributed by atoms with E-state index in [1.54, 1.807) is 47.4 Å². The number of carbonyl (C=O) groups excluding carboxylic acids is 2. The summed E-state index contributed by atoms with van der Waals surface area (Å²) < 4.78 is 13.5. The van der Waals surface area contributed by atoms with Gasteiger partial charge in [0.15, 0.2) is 0 Å². The number of hydrogen-bond donors (Lipinski definition) is 2. The van der Waals surface area contributed by atoms with Gasteiger partial charge < -0.3 is 10.6 Å². The SMILES string of the molecule is O=C(NCCc1ccccc1F)c1ccc(N2CCNC2=O)cc1. The van der Waals surface area contributed by atoms with Gasteiger partial charge in [0.25, 0.3) is 5.91 Å². The van der Waals surface area contributed by atoms with Crippen LogP contribution in [0.25, 0.3) is 0 Å². The van der Waals surface area contributed by atoms with Crippen molar-refractivity contribution in [3.05, 3.63) is 65.5 Å². The Balaban J connectivity index is 1.55. The summed E-state index contributed by atoms with van der Waals surface area (Å²) in [5.41, 5.74) is 1.84. The lowest BCUT2D eigenvalue weighted by Gasteiger charge is -2.14. The van der Waals surface area contributed by atoms with Crippen LogP contribution in [0, 0.1) is 5.82 Å². The van der Waals surface area contributed by atoms with E-state index in [2.05, 4.69) is 10.6 Å². The van der Waals surface area contributed by atoms with Gasteiger partial charge in [-0.25, -0.2) is 9.18 Å². The van der Waals surface area contributed by atoms with E-state index in [-0.39, 0.29) is 17.8 Å². The van der Waals surface area contributed by atoms with Crippen LogP contribution >= 0.6 is 0 Å². The van der Waals surface area contributed by atoms with Crippen molar-refractivity contribution in [1.29, 1.82) is 0 Å². The first kappa shape index (κ1) is 16.0. The molecule has 0 bridgehead atoms. The summed E-state index contributed by atoms with van der Waals surface area (Å²) >= 11 is 0. The highest BCUT2D eigenvalue weighted by molar-refractivity contribution is 5.96. The van der Waals surface area contributed by atoms with Crippen LogP contribution in [0.15, 0.2) is 48.5 Å². The predicted molar refractivity (Wildman–Crippen MR) is 89.6 cm³/mol. The fourth-order valence-electron chi connectivity index (χ4n) is 2.62. The van der Waals surface area contributed by atoms with Gasteiger partial charge in [0.1, 0.15) is 5.82 Å². The van der Waals surface area contributed by atoms with Crippen molar-refractivity contribution in [2.24, 2.45) is 0 Å². The number of urea groups is 1. The highest BCUT2D eigenvalue weighted by Gasteiger charge is 2.21. The van der Waals surface area contributed by atoms with Crippen LogP contribution < -0.4 is 15.5 Å². The Hall–Kier alpha value is -2.89. The van der Waals surface area contributed by atoms with E-state index in [0.717, 1.165) is 5.69 Å². The number of halogens is 1. The Morgan fingerprint density at radius 2 is 1.92 bits per heavy atom. The minimum absolute atomic E-state index is 0.128. The van der Waals surface area contributed by atoms with E-state index in [0.29, 0.717) is 37.2 Å². The zero-order valence-electron chi connectivity index (χ0n) is 13.1. The van der Waals surface area contributed by atoms with E-state index >= 15 is 0 Å². The highest BCUT2D eigenvalue weighted by Crippen LogP contribution is 2.17. The van der Waals surface area contributed by atoms with Gasteiger partial charge in [0.2, 0.25) is 0 Å². The topological polar surface area (TPSA) is 61.4 Å². The van der Waals surface area contributed by atoms with Crippen molar-refractivity contribution >= 4 is 17.6 Å². The van der Waals surface area contributed by atoms with E-state index in [1.165, 1.54) is 6.07 Å². The maximum Gasteiger partial charge on any atom is 0.321 e. The van der Waals surface area contributed by atoms with Crippen LogP contribution in [0.3, 0.4) is 0 Å². The summed E-state index contributed by atoms with van der Waals surface area (Å²) in [7, 11) is 0. The summed E-state index contributed by atoms with van der Waals surface area (Å²) in [6, 6.07) is 13.2. The van der Waals surface area contributed by atoms with Gasteiger partial charge in [0.05, 0.1) is 0 Å². The molecule has 24 heavy (non-hydrogen) atoms. The second-order valence-corrected chi connectivity index (χ2v) is 5.53. The van der Waals surface area contributed by atoms with Crippen molar-refractivity contribution in [2.75, 3.05) is 24.5 Å². The molecule has 0 atom stereocenters. The van der Waals surface area contributed by atoms with Gasteiger partial charge in [-0.2, -0.15) is 0 Å². The molecule has 1 fully saturated rings. The van der Waals surface area contributed by atoms with Gasteiger partial charge >= 0.3 is 6.03 Å². The molecule has 1 aliphatic heterocycles. The molecule has 2 N–H and O–H groups in total. The highest BCUT2D eigenvalue weighted by atomic mass is 19.1. The lowest BCUT2D eigenvalue weighted by atomic mass is 10.1. The molecule has 2 aromatic carbocycles. The number of anilines is 1. The fraction of sp³-hybridized carbons (Fsp3) is 0.222. The predicted octanol–water partition coefficient (Wildman–Crippen LogP) is 2.33. The van der Waals surface area contributed by atoms with Gasteiger partial charge in [-0.15, -0.1) is 0 Å². The Labute approximate surface area is 139 Å². The zero-order chi connectivity index (χ0) is 16.9. The molecule has 5 nitrogen and oxygen atoms in total. The van der Waals surface area contributed by atoms with Gasteiger partial charge in [-0.3, -0.25) is 9.69 Å². The Kier molecular flexibility index (Phi) is 4.74. The molecule has 0 aliphatic carbocycles. The van der Waals surface area contributed by atoms with Crippen LogP contribution in [0.2, 0.25) is 0 Å². The first-order chi connectivity index (χ1) is 11.6. The summed E-state index contributed by atoms with van der Waals surface area (Å²) in [6.07, 6.45) is 0.435. The number of rotatable bonds is 5. The molecule has 1 saturated heterocycles. The normalized spacial score (nSPS) is 13.7. The summed E-state index contributed by atoms with van der Waals surface area (Å²) in [5, 5.41) is 5.50. The van der Waals surface area contributed by atoms with Crippen molar-refractivity contribution in [3.63, 3.8) is 0 Å². The van der Waals surface area contributed by atoms with Crippen molar-refractivity contribution < 1.29 is 14.0 Å². The molecule has 3 amide bonds. The second-order valence-electron chi connectivity index (χ2n) is 5.53. The Morgan fingerprint density at radius 1 is 1.17 bits per heavy atom. The van der Waals surface area contributed by atoms with E-state index in [9.17, 15) is 14.0 Å². The van der Waals surface area contributed by atoms with Crippen LogP contribution in [-0.4, -0.2) is 31.6 Å². The van der Waals surface area contributed by atoms with Gasteiger partial charge in [-0.1, -0.05) is 18.2 Å². The molecule has 3 rings (SSSR count). The average Bonchev–Trinajstić information content (AvgIpc) is 3.03. The minimum Gasteiger partial charge on any atom is -0.352 e. The van der Waals surface area contributed by atoms with E-state index in [4.69, 9.17) is 0 Å². The largest absolute Gasteiger partial charge is 0.352 e. The van der Waals surface area contributed by atoms with Crippen molar-refractivity contribution in [1.82, 2.24) is 10.6 Å². The molecule has 1 aliphatic rings. The number of carbonyl (C=O) groups is 2. The van der Waals surface area contributed by atoms with E-state index in [1.807, 2.05) is 0 Å². The first-order valence-electron chi connectivity index (χ1n) is 7.82. The second kappa shape index (κ2) is 7.12. The maximum absolute atomic E-state index is 13.5. The molecule has 0 unspecified atom stereocenters.